The lowest BCUT2D eigenvalue weighted by Gasteiger charge is -2.37. The summed E-state index contributed by atoms with van der Waals surface area (Å²) < 4.78 is 67.5. The lowest BCUT2D eigenvalue weighted by atomic mass is 9.87. The fourth-order valence-electron chi connectivity index (χ4n) is 5.13. The summed E-state index contributed by atoms with van der Waals surface area (Å²) in [6.07, 6.45) is -3.49. The summed E-state index contributed by atoms with van der Waals surface area (Å²) in [7, 11) is 0. The summed E-state index contributed by atoms with van der Waals surface area (Å²) in [6, 6.07) is 7.02. The lowest BCUT2D eigenvalue weighted by molar-refractivity contribution is -0.138. The second-order valence-electron chi connectivity index (χ2n) is 10.4. The van der Waals surface area contributed by atoms with Crippen LogP contribution in [0, 0.1) is 17.6 Å². The van der Waals surface area contributed by atoms with Crippen LogP contribution in [0.3, 0.4) is 0 Å². The van der Waals surface area contributed by atoms with Gasteiger partial charge in [-0.05, 0) is 49.9 Å². The Morgan fingerprint density at radius 1 is 0.976 bits per heavy atom. The van der Waals surface area contributed by atoms with Gasteiger partial charge >= 0.3 is 6.18 Å². The molecule has 2 aromatic rings. The molecule has 1 heterocycles. The normalized spacial score (nSPS) is 19.6. The van der Waals surface area contributed by atoms with Gasteiger partial charge in [0, 0.05) is 55.8 Å². The van der Waals surface area contributed by atoms with Gasteiger partial charge < -0.3 is 20.6 Å². The number of hydrogen-bond acceptors (Lipinski definition) is 5. The number of aliphatic hydroxyl groups is 1. The van der Waals surface area contributed by atoms with Crippen LogP contribution < -0.4 is 15.5 Å². The molecule has 2 aromatic carbocycles. The number of carbonyl (C=O) groups is 2. The Morgan fingerprint density at radius 3 is 2.29 bits per heavy atom. The van der Waals surface area contributed by atoms with Crippen molar-refractivity contribution in [1.82, 2.24) is 10.2 Å². The maximum Gasteiger partial charge on any atom is 0.390 e. The van der Waals surface area contributed by atoms with Crippen molar-refractivity contribution in [3.8, 4) is 0 Å². The maximum absolute atomic E-state index is 15.0. The molecular weight excluding hydrogens is 606 g/mol. The van der Waals surface area contributed by atoms with E-state index in [2.05, 4.69) is 10.6 Å². The van der Waals surface area contributed by atoms with E-state index in [0.717, 1.165) is 6.07 Å². The highest BCUT2D eigenvalue weighted by atomic mass is 35.5. The van der Waals surface area contributed by atoms with Gasteiger partial charge in [-0.15, -0.1) is 12.4 Å². The molecule has 1 saturated heterocycles. The zero-order valence-electron chi connectivity index (χ0n) is 22.7. The van der Waals surface area contributed by atoms with Gasteiger partial charge in [-0.1, -0.05) is 17.7 Å². The van der Waals surface area contributed by atoms with Crippen LogP contribution in [0.15, 0.2) is 30.3 Å². The van der Waals surface area contributed by atoms with Crippen LogP contribution in [0.1, 0.15) is 48.0 Å². The molecule has 1 aliphatic heterocycles. The van der Waals surface area contributed by atoms with Crippen LogP contribution in [0.25, 0.3) is 0 Å². The van der Waals surface area contributed by atoms with Crippen molar-refractivity contribution in [2.45, 2.75) is 50.9 Å². The van der Waals surface area contributed by atoms with Crippen LogP contribution >= 0.6 is 24.0 Å². The fourth-order valence-corrected chi connectivity index (χ4v) is 5.29. The van der Waals surface area contributed by atoms with Gasteiger partial charge in [0.2, 0.25) is 5.91 Å². The molecular formula is C28H33Cl2F5N4O3. The number of benzene rings is 2. The molecule has 0 unspecified atom stereocenters. The molecule has 0 atom stereocenters. The average molecular weight is 639 g/mol. The largest absolute Gasteiger partial charge is 0.393 e. The molecule has 0 spiro atoms. The Balaban J connectivity index is 0.00000484. The first-order valence-corrected chi connectivity index (χ1v) is 13.9. The van der Waals surface area contributed by atoms with E-state index < -0.39 is 41.8 Å². The predicted octanol–water partition coefficient (Wildman–Crippen LogP) is 5.53. The van der Waals surface area contributed by atoms with E-state index in [4.69, 9.17) is 11.6 Å². The van der Waals surface area contributed by atoms with E-state index >= 15 is 0 Å². The van der Waals surface area contributed by atoms with Crippen molar-refractivity contribution in [2.24, 2.45) is 5.92 Å². The summed E-state index contributed by atoms with van der Waals surface area (Å²) >= 11 is 6.16. The number of carbonyl (C=O) groups excluding carboxylic acids is 2. The minimum atomic E-state index is -4.23. The van der Waals surface area contributed by atoms with Crippen molar-refractivity contribution in [2.75, 3.05) is 42.9 Å². The topological polar surface area (TPSA) is 84.9 Å². The second kappa shape index (κ2) is 14.7. The fraction of sp³-hybridized carbons (Fsp3) is 0.500. The molecule has 1 saturated carbocycles. The highest BCUT2D eigenvalue weighted by molar-refractivity contribution is 6.31. The molecule has 7 nitrogen and oxygen atoms in total. The van der Waals surface area contributed by atoms with E-state index in [0.29, 0.717) is 62.6 Å². The van der Waals surface area contributed by atoms with Crippen LogP contribution in [0.4, 0.5) is 33.3 Å². The molecule has 2 aliphatic rings. The lowest BCUT2D eigenvalue weighted by Crippen LogP contribution is -2.47. The molecule has 3 N–H and O–H groups in total. The van der Waals surface area contributed by atoms with Crippen LogP contribution in [-0.4, -0.2) is 66.8 Å². The molecule has 0 aromatic heterocycles. The Morgan fingerprint density at radius 2 is 1.64 bits per heavy atom. The van der Waals surface area contributed by atoms with Gasteiger partial charge in [0.1, 0.15) is 0 Å². The summed E-state index contributed by atoms with van der Waals surface area (Å²) in [5.41, 5.74) is 0.157. The minimum absolute atomic E-state index is 0. The van der Waals surface area contributed by atoms with Crippen LogP contribution in [0.5, 0.6) is 0 Å². The number of aliphatic hydroxyl groups excluding tert-OH is 1. The molecule has 232 valence electrons. The Kier molecular flexibility index (Phi) is 11.8. The number of amides is 2. The molecule has 42 heavy (non-hydrogen) atoms. The number of rotatable bonds is 8. The number of nitrogens with zero attached hydrogens (tertiary/aromatic N) is 2. The average Bonchev–Trinajstić information content (AvgIpc) is 2.93. The summed E-state index contributed by atoms with van der Waals surface area (Å²) in [4.78, 5) is 28.9. The molecule has 0 radical (unpaired) electrons. The van der Waals surface area contributed by atoms with Crippen LogP contribution in [0.2, 0.25) is 5.02 Å². The monoisotopic (exact) mass is 638 g/mol. The number of nitrogens with one attached hydrogen (secondary N) is 2. The van der Waals surface area contributed by atoms with Crippen molar-refractivity contribution in [3.05, 3.63) is 58.1 Å². The smallest absolute Gasteiger partial charge is 0.390 e. The molecule has 4 rings (SSSR count). The molecule has 2 amide bonds. The zero-order chi connectivity index (χ0) is 29.7. The summed E-state index contributed by atoms with van der Waals surface area (Å²) in [5, 5.41) is 15.2. The number of anilines is 2. The second-order valence-corrected chi connectivity index (χ2v) is 10.9. The first kappa shape index (κ1) is 33.8. The van der Waals surface area contributed by atoms with Gasteiger partial charge in [0.05, 0.1) is 29.5 Å². The number of halogens is 7. The van der Waals surface area contributed by atoms with Gasteiger partial charge in [-0.3, -0.25) is 14.5 Å². The van der Waals surface area contributed by atoms with E-state index in [1.807, 2.05) is 4.90 Å². The number of hydrogen-bond donors (Lipinski definition) is 3. The van der Waals surface area contributed by atoms with E-state index in [-0.39, 0.29) is 48.6 Å². The first-order valence-electron chi connectivity index (χ1n) is 13.5. The van der Waals surface area contributed by atoms with Gasteiger partial charge in [0.25, 0.3) is 5.91 Å². The Labute approximate surface area is 251 Å². The molecule has 1 aliphatic carbocycles. The third-order valence-corrected chi connectivity index (χ3v) is 7.80. The van der Waals surface area contributed by atoms with Gasteiger partial charge in [0.15, 0.2) is 11.6 Å². The number of piperazine rings is 1. The van der Waals surface area contributed by atoms with Crippen molar-refractivity contribution >= 4 is 47.2 Å². The van der Waals surface area contributed by atoms with Crippen molar-refractivity contribution in [1.29, 1.82) is 0 Å². The van der Waals surface area contributed by atoms with E-state index in [1.165, 1.54) is 18.2 Å². The first-order chi connectivity index (χ1) is 19.4. The SMILES string of the molecule is Cl.O=C(Nc1ccc(Cl)cc1N1CCN(CCC(F)(F)F)CC1)c1ccc(CNC(=O)C2CCC(O)CC2)c(F)c1F. The highest BCUT2D eigenvalue weighted by Crippen LogP contribution is 2.32. The molecule has 0 bridgehead atoms. The Bertz CT molecular complexity index is 1250. The van der Waals surface area contributed by atoms with E-state index in [1.54, 1.807) is 11.0 Å². The number of alkyl halides is 3. The van der Waals surface area contributed by atoms with Crippen molar-refractivity contribution in [3.63, 3.8) is 0 Å². The third kappa shape index (κ3) is 8.92. The van der Waals surface area contributed by atoms with Gasteiger partial charge in [-0.25, -0.2) is 8.78 Å². The standard InChI is InChI=1S/C28H32ClF5N4O3.ClH/c29-19-4-8-22(23(15-19)38-13-11-37(12-14-38)10-9-28(32,33)34)36-27(41)21-7-3-18(24(30)25(21)31)16-35-26(40)17-1-5-20(39)6-2-17;/h3-4,7-8,15,17,20,39H,1-2,5-6,9-14,16H2,(H,35,40)(H,36,41);1H. The van der Waals surface area contributed by atoms with E-state index in [9.17, 15) is 36.6 Å². The molecule has 14 heteroatoms. The Hall–Kier alpha value is -2.67. The highest BCUT2D eigenvalue weighted by Gasteiger charge is 2.30. The predicted molar refractivity (Wildman–Crippen MR) is 152 cm³/mol. The maximum atomic E-state index is 15.0. The van der Waals surface area contributed by atoms with Crippen LogP contribution in [-0.2, 0) is 11.3 Å². The minimum Gasteiger partial charge on any atom is -0.393 e. The third-order valence-electron chi connectivity index (χ3n) is 7.56. The summed E-state index contributed by atoms with van der Waals surface area (Å²) in [5.74, 6) is -4.10. The zero-order valence-corrected chi connectivity index (χ0v) is 24.2. The van der Waals surface area contributed by atoms with Gasteiger partial charge in [-0.2, -0.15) is 13.2 Å². The molecule has 2 fully saturated rings. The summed E-state index contributed by atoms with van der Waals surface area (Å²) in [6.45, 7) is 1.15. The quantitative estimate of drug-likeness (QED) is 0.331. The van der Waals surface area contributed by atoms with Crippen molar-refractivity contribution < 1.29 is 36.6 Å².